The maximum atomic E-state index is 11.4. The van der Waals surface area contributed by atoms with Gasteiger partial charge in [-0.3, -0.25) is 4.79 Å². The molecule has 0 atom stereocenters. The minimum atomic E-state index is 0.111. The lowest BCUT2D eigenvalue weighted by Crippen LogP contribution is -2.05. The van der Waals surface area contributed by atoms with E-state index < -0.39 is 0 Å². The SMILES string of the molecule is CCC(=O)c1c(OC)ccn1C. The van der Waals surface area contributed by atoms with E-state index in [-0.39, 0.29) is 5.78 Å². The minimum Gasteiger partial charge on any atom is -0.494 e. The predicted molar refractivity (Wildman–Crippen MR) is 46.6 cm³/mol. The van der Waals surface area contributed by atoms with Crippen molar-refractivity contribution in [2.45, 2.75) is 13.3 Å². The molecule has 0 aliphatic carbocycles. The number of carbonyl (C=O) groups excluding carboxylic acids is 1. The molecule has 0 bridgehead atoms. The lowest BCUT2D eigenvalue weighted by Gasteiger charge is -2.03. The average Bonchev–Trinajstić information content (AvgIpc) is 2.45. The van der Waals surface area contributed by atoms with Crippen LogP contribution < -0.4 is 4.74 Å². The van der Waals surface area contributed by atoms with Crippen LogP contribution in [-0.4, -0.2) is 17.5 Å². The van der Waals surface area contributed by atoms with E-state index in [1.807, 2.05) is 20.2 Å². The topological polar surface area (TPSA) is 31.2 Å². The number of hydrogen-bond acceptors (Lipinski definition) is 2. The van der Waals surface area contributed by atoms with E-state index in [1.165, 1.54) is 0 Å². The van der Waals surface area contributed by atoms with E-state index in [9.17, 15) is 4.79 Å². The van der Waals surface area contributed by atoms with Crippen LogP contribution >= 0.6 is 0 Å². The number of hydrogen-bond donors (Lipinski definition) is 0. The third-order valence-electron chi connectivity index (χ3n) is 1.84. The summed E-state index contributed by atoms with van der Waals surface area (Å²) in [5.74, 6) is 0.767. The summed E-state index contributed by atoms with van der Waals surface area (Å²) in [6.45, 7) is 1.84. The fourth-order valence-electron chi connectivity index (χ4n) is 1.17. The number of Topliss-reactive ketones (excluding diaryl/α,β-unsaturated/α-hetero) is 1. The minimum absolute atomic E-state index is 0.111. The molecule has 1 aromatic heterocycles. The fraction of sp³-hybridized carbons (Fsp3) is 0.444. The first-order chi connectivity index (χ1) is 5.70. The molecule has 1 aromatic rings. The molecule has 0 N–H and O–H groups in total. The summed E-state index contributed by atoms with van der Waals surface area (Å²) < 4.78 is 6.83. The molecule has 1 heterocycles. The molecule has 0 radical (unpaired) electrons. The smallest absolute Gasteiger partial charge is 0.182 e. The second-order valence-electron chi connectivity index (χ2n) is 2.62. The molecule has 0 amide bonds. The Bertz CT molecular complexity index is 289. The van der Waals surface area contributed by atoms with Crippen LogP contribution in [0.5, 0.6) is 5.75 Å². The highest BCUT2D eigenvalue weighted by Crippen LogP contribution is 2.19. The van der Waals surface area contributed by atoms with Crippen LogP contribution in [0, 0.1) is 0 Å². The largest absolute Gasteiger partial charge is 0.494 e. The van der Waals surface area contributed by atoms with Crippen molar-refractivity contribution in [3.63, 3.8) is 0 Å². The van der Waals surface area contributed by atoms with Crippen molar-refractivity contribution in [1.82, 2.24) is 4.57 Å². The zero-order chi connectivity index (χ0) is 9.14. The van der Waals surface area contributed by atoms with Crippen molar-refractivity contribution in [2.24, 2.45) is 7.05 Å². The van der Waals surface area contributed by atoms with Gasteiger partial charge in [0.1, 0.15) is 11.4 Å². The number of aromatic nitrogens is 1. The highest BCUT2D eigenvalue weighted by Gasteiger charge is 2.13. The number of methoxy groups -OCH3 is 1. The first-order valence-corrected chi connectivity index (χ1v) is 3.93. The normalized spacial score (nSPS) is 9.92. The Hall–Kier alpha value is -1.25. The Morgan fingerprint density at radius 3 is 2.83 bits per heavy atom. The van der Waals surface area contributed by atoms with Crippen LogP contribution in [-0.2, 0) is 7.05 Å². The molecule has 1 rings (SSSR count). The summed E-state index contributed by atoms with van der Waals surface area (Å²) in [5, 5.41) is 0. The second kappa shape index (κ2) is 3.43. The summed E-state index contributed by atoms with van der Waals surface area (Å²) in [6.07, 6.45) is 2.33. The van der Waals surface area contributed by atoms with Gasteiger partial charge in [0.05, 0.1) is 7.11 Å². The highest BCUT2D eigenvalue weighted by atomic mass is 16.5. The molecule has 0 aromatic carbocycles. The molecular formula is C9H13NO2. The van der Waals surface area contributed by atoms with Crippen molar-refractivity contribution in [3.05, 3.63) is 18.0 Å². The number of nitrogens with zero attached hydrogens (tertiary/aromatic N) is 1. The van der Waals surface area contributed by atoms with Gasteiger partial charge in [0, 0.05) is 19.7 Å². The van der Waals surface area contributed by atoms with E-state index in [2.05, 4.69) is 0 Å². The third kappa shape index (κ3) is 1.35. The van der Waals surface area contributed by atoms with Gasteiger partial charge in [-0.2, -0.15) is 0 Å². The lowest BCUT2D eigenvalue weighted by molar-refractivity contribution is 0.0977. The van der Waals surface area contributed by atoms with Crippen molar-refractivity contribution >= 4 is 5.78 Å². The highest BCUT2D eigenvalue weighted by molar-refractivity contribution is 5.97. The molecule has 3 heteroatoms. The van der Waals surface area contributed by atoms with Crippen LogP contribution in [0.1, 0.15) is 23.8 Å². The summed E-state index contributed by atoms with van der Waals surface area (Å²) >= 11 is 0. The summed E-state index contributed by atoms with van der Waals surface area (Å²) in [4.78, 5) is 11.4. The summed E-state index contributed by atoms with van der Waals surface area (Å²) in [6, 6.07) is 1.79. The van der Waals surface area contributed by atoms with Crippen LogP contribution in [0.25, 0.3) is 0 Å². The molecule has 0 aliphatic rings. The zero-order valence-corrected chi connectivity index (χ0v) is 7.63. The molecule has 0 saturated carbocycles. The zero-order valence-electron chi connectivity index (χ0n) is 7.63. The summed E-state index contributed by atoms with van der Waals surface area (Å²) in [7, 11) is 3.41. The van der Waals surface area contributed by atoms with E-state index >= 15 is 0 Å². The first kappa shape index (κ1) is 8.84. The third-order valence-corrected chi connectivity index (χ3v) is 1.84. The van der Waals surface area contributed by atoms with Gasteiger partial charge in [-0.1, -0.05) is 6.92 Å². The predicted octanol–water partition coefficient (Wildman–Crippen LogP) is 1.63. The fourth-order valence-corrected chi connectivity index (χ4v) is 1.17. The Morgan fingerprint density at radius 1 is 1.67 bits per heavy atom. The Kier molecular flexibility index (Phi) is 2.53. The van der Waals surface area contributed by atoms with Gasteiger partial charge in [-0.25, -0.2) is 0 Å². The van der Waals surface area contributed by atoms with E-state index in [0.717, 1.165) is 0 Å². The average molecular weight is 167 g/mol. The quantitative estimate of drug-likeness (QED) is 0.640. The van der Waals surface area contributed by atoms with Crippen LogP contribution in [0.2, 0.25) is 0 Å². The van der Waals surface area contributed by atoms with Gasteiger partial charge in [0.15, 0.2) is 5.78 Å². The number of carbonyl (C=O) groups is 1. The van der Waals surface area contributed by atoms with Crippen LogP contribution in [0.15, 0.2) is 12.3 Å². The van der Waals surface area contributed by atoms with Crippen molar-refractivity contribution in [1.29, 1.82) is 0 Å². The lowest BCUT2D eigenvalue weighted by atomic mass is 10.2. The van der Waals surface area contributed by atoms with Gasteiger partial charge >= 0.3 is 0 Å². The summed E-state index contributed by atoms with van der Waals surface area (Å²) in [5.41, 5.74) is 0.653. The Morgan fingerprint density at radius 2 is 2.33 bits per heavy atom. The number of ether oxygens (including phenoxy) is 1. The standard InChI is InChI=1S/C9H13NO2/c1-4-7(11)9-8(12-3)5-6-10(9)2/h5-6H,4H2,1-3H3. The van der Waals surface area contributed by atoms with Crippen molar-refractivity contribution in [3.8, 4) is 5.75 Å². The van der Waals surface area contributed by atoms with Gasteiger partial charge in [0.25, 0.3) is 0 Å². The van der Waals surface area contributed by atoms with Gasteiger partial charge in [-0.15, -0.1) is 0 Å². The van der Waals surface area contributed by atoms with E-state index in [4.69, 9.17) is 4.74 Å². The Balaban J connectivity index is 3.10. The van der Waals surface area contributed by atoms with Crippen molar-refractivity contribution in [2.75, 3.05) is 7.11 Å². The first-order valence-electron chi connectivity index (χ1n) is 3.93. The number of ketones is 1. The van der Waals surface area contributed by atoms with E-state index in [0.29, 0.717) is 17.9 Å². The van der Waals surface area contributed by atoms with Gasteiger partial charge in [-0.05, 0) is 6.07 Å². The number of rotatable bonds is 3. The molecule has 66 valence electrons. The maximum Gasteiger partial charge on any atom is 0.182 e. The van der Waals surface area contributed by atoms with E-state index in [1.54, 1.807) is 17.7 Å². The monoisotopic (exact) mass is 167 g/mol. The molecule has 0 unspecified atom stereocenters. The molecule has 12 heavy (non-hydrogen) atoms. The molecule has 0 aliphatic heterocycles. The van der Waals surface area contributed by atoms with Crippen molar-refractivity contribution < 1.29 is 9.53 Å². The van der Waals surface area contributed by atoms with Crippen LogP contribution in [0.4, 0.5) is 0 Å². The van der Waals surface area contributed by atoms with Gasteiger partial charge in [0.2, 0.25) is 0 Å². The number of aryl methyl sites for hydroxylation is 1. The Labute approximate surface area is 72.0 Å². The molecular weight excluding hydrogens is 154 g/mol. The molecule has 0 fully saturated rings. The maximum absolute atomic E-state index is 11.4. The van der Waals surface area contributed by atoms with Crippen LogP contribution in [0.3, 0.4) is 0 Å². The molecule has 3 nitrogen and oxygen atoms in total. The second-order valence-corrected chi connectivity index (χ2v) is 2.62. The molecule has 0 spiro atoms. The van der Waals surface area contributed by atoms with Gasteiger partial charge < -0.3 is 9.30 Å². The molecule has 0 saturated heterocycles.